The van der Waals surface area contributed by atoms with Crippen molar-refractivity contribution in [3.05, 3.63) is 82.5 Å². The standard InChI is InChI=1S/C42H55ClN6O5S/c1-29-7-5-16-42(52-3,26-48-19-17-47(18-20-48)24-39-44-28-54-45-39)36-12-9-33(36)23-49-25-41(15-6-8-31-21-34(43)11-13-35(31)41)27-53-38-14-10-32(22-37(38)49)40(50)46-55(4,51)30(29)2/h5,10-11,13-14,16,21-22,28-30,33,36H,4,6-9,12,15,17-20,23-27H2,1-3H3,(H,46,50,51)/b16-5+/t29-,30+,33-,36+,41-,42+,55?/m0/s1. The number of hydrogen-bond donors (Lipinski definition) is 1. The zero-order valence-electron chi connectivity index (χ0n) is 32.4. The van der Waals surface area contributed by atoms with E-state index in [9.17, 15) is 9.00 Å². The summed E-state index contributed by atoms with van der Waals surface area (Å²) < 4.78 is 35.4. The third kappa shape index (κ3) is 7.69. The lowest BCUT2D eigenvalue weighted by atomic mass is 9.63. The molecule has 3 aromatic rings. The van der Waals surface area contributed by atoms with Crippen molar-refractivity contribution in [2.45, 2.75) is 75.2 Å². The molecule has 296 valence electrons. The molecule has 7 atom stereocenters. The van der Waals surface area contributed by atoms with E-state index >= 15 is 0 Å². The fourth-order valence-corrected chi connectivity index (χ4v) is 11.5. The SMILES string of the molecule is C=S1(=O)NC(=O)c2ccc3c(c2)N(C[C@@H]2CC[C@H]2[C@@](CN2CCN(Cc4ncon4)CC2)(OC)/C=C/C[C@H](C)[C@H]1C)C[C@@]1(CCCc2cc(Cl)ccc21)CO3. The summed E-state index contributed by atoms with van der Waals surface area (Å²) in [5.41, 5.74) is 3.19. The van der Waals surface area contributed by atoms with Gasteiger partial charge in [-0.25, -0.2) is 4.21 Å². The highest BCUT2D eigenvalue weighted by Gasteiger charge is 2.50. The van der Waals surface area contributed by atoms with Crippen LogP contribution in [-0.2, 0) is 32.8 Å². The van der Waals surface area contributed by atoms with Crippen LogP contribution in [0.2, 0.25) is 5.02 Å². The number of aromatic nitrogens is 2. The summed E-state index contributed by atoms with van der Waals surface area (Å²) in [4.78, 5) is 25.5. The molecule has 13 heteroatoms. The lowest BCUT2D eigenvalue weighted by Crippen LogP contribution is -2.59. The van der Waals surface area contributed by atoms with E-state index in [4.69, 9.17) is 25.6 Å². The lowest BCUT2D eigenvalue weighted by Gasteiger charge is -2.52. The summed E-state index contributed by atoms with van der Waals surface area (Å²) in [5.74, 6) is 5.81. The number of benzene rings is 2. The molecule has 8 rings (SSSR count). The van der Waals surface area contributed by atoms with Crippen molar-refractivity contribution in [2.24, 2.45) is 17.8 Å². The Morgan fingerprint density at radius 2 is 1.93 bits per heavy atom. The zero-order valence-corrected chi connectivity index (χ0v) is 34.0. The number of nitrogens with zero attached hydrogens (tertiary/aromatic N) is 5. The Morgan fingerprint density at radius 3 is 2.67 bits per heavy atom. The van der Waals surface area contributed by atoms with Crippen LogP contribution in [0.4, 0.5) is 5.69 Å². The largest absolute Gasteiger partial charge is 0.490 e. The third-order valence-corrected chi connectivity index (χ3v) is 15.9. The van der Waals surface area contributed by atoms with E-state index in [-0.39, 0.29) is 28.4 Å². The van der Waals surface area contributed by atoms with E-state index in [2.05, 4.69) is 66.6 Å². The van der Waals surface area contributed by atoms with Crippen LogP contribution < -0.4 is 14.4 Å². The number of hydrogen-bond acceptors (Lipinski definition) is 10. The first-order valence-corrected chi connectivity index (χ1v) is 22.1. The lowest BCUT2D eigenvalue weighted by molar-refractivity contribution is -0.0957. The minimum atomic E-state index is -2.97. The minimum absolute atomic E-state index is 0.00950. The number of allylic oxidation sites excluding steroid dienone is 1. The minimum Gasteiger partial charge on any atom is -0.490 e. The fraction of sp³-hybridized carbons (Fsp3) is 0.571. The molecule has 2 fully saturated rings. The number of rotatable bonds is 5. The molecule has 4 heterocycles. The van der Waals surface area contributed by atoms with Gasteiger partial charge in [-0.1, -0.05) is 41.9 Å². The van der Waals surface area contributed by atoms with Gasteiger partial charge in [0.15, 0.2) is 5.82 Å². The van der Waals surface area contributed by atoms with Crippen LogP contribution in [-0.4, -0.2) is 106 Å². The first-order valence-electron chi connectivity index (χ1n) is 19.9. The van der Waals surface area contributed by atoms with Gasteiger partial charge in [-0.3, -0.25) is 19.3 Å². The number of fused-ring (bicyclic) bond motifs is 4. The van der Waals surface area contributed by atoms with E-state index in [1.165, 1.54) is 17.5 Å². The van der Waals surface area contributed by atoms with Crippen LogP contribution >= 0.6 is 11.6 Å². The van der Waals surface area contributed by atoms with Crippen LogP contribution in [0.15, 0.2) is 59.5 Å². The molecular formula is C42H55ClN6O5S. The van der Waals surface area contributed by atoms with Crippen molar-refractivity contribution in [2.75, 3.05) is 64.4 Å². The number of aryl methyl sites for hydroxylation is 1. The van der Waals surface area contributed by atoms with Gasteiger partial charge in [0.2, 0.25) is 6.39 Å². The molecule has 5 aliphatic rings. The van der Waals surface area contributed by atoms with Crippen molar-refractivity contribution < 1.29 is 23.0 Å². The Bertz CT molecular complexity index is 2000. The Kier molecular flexibility index (Phi) is 10.8. The van der Waals surface area contributed by atoms with E-state index in [1.54, 1.807) is 6.07 Å². The summed E-state index contributed by atoms with van der Waals surface area (Å²) in [6.07, 6.45) is 11.8. The summed E-state index contributed by atoms with van der Waals surface area (Å²) in [6.45, 7) is 11.2. The van der Waals surface area contributed by atoms with Gasteiger partial charge in [0.05, 0.1) is 28.5 Å². The number of methoxy groups -OCH3 is 1. The van der Waals surface area contributed by atoms with Crippen LogP contribution in [0.1, 0.15) is 73.3 Å². The molecule has 1 aromatic heterocycles. The Balaban J connectivity index is 1.15. The van der Waals surface area contributed by atoms with Gasteiger partial charge in [0, 0.05) is 74.2 Å². The van der Waals surface area contributed by atoms with E-state index < -0.39 is 15.3 Å². The first-order chi connectivity index (χ1) is 26.5. The number of nitrogens with one attached hydrogen (secondary N) is 1. The molecule has 1 unspecified atom stereocenters. The van der Waals surface area contributed by atoms with Gasteiger partial charge in [0.1, 0.15) is 11.4 Å². The third-order valence-electron chi connectivity index (χ3n) is 13.5. The Morgan fingerprint density at radius 1 is 1.11 bits per heavy atom. The highest BCUT2D eigenvalue weighted by Crippen LogP contribution is 2.49. The van der Waals surface area contributed by atoms with Crippen molar-refractivity contribution in [1.29, 1.82) is 0 Å². The molecule has 3 aliphatic heterocycles. The Labute approximate surface area is 330 Å². The molecule has 2 bridgehead atoms. The number of ether oxygens (including phenoxy) is 2. The predicted octanol–water partition coefficient (Wildman–Crippen LogP) is 5.77. The van der Waals surface area contributed by atoms with Crippen molar-refractivity contribution in [1.82, 2.24) is 24.7 Å². The number of amides is 1. The molecular weight excluding hydrogens is 736 g/mol. The normalized spacial score (nSPS) is 33.7. The maximum Gasteiger partial charge on any atom is 0.262 e. The second-order valence-corrected chi connectivity index (χ2v) is 19.6. The Hall–Kier alpha value is -3.42. The van der Waals surface area contributed by atoms with Crippen LogP contribution in [0.3, 0.4) is 0 Å². The molecule has 11 nitrogen and oxygen atoms in total. The van der Waals surface area contributed by atoms with Gasteiger partial charge in [-0.2, -0.15) is 4.98 Å². The maximum absolute atomic E-state index is 14.1. The van der Waals surface area contributed by atoms with Crippen LogP contribution in [0.5, 0.6) is 5.75 Å². The van der Waals surface area contributed by atoms with E-state index in [1.807, 2.05) is 32.2 Å². The zero-order chi connectivity index (χ0) is 38.4. The van der Waals surface area contributed by atoms with Crippen molar-refractivity contribution in [3.63, 3.8) is 0 Å². The predicted molar refractivity (Wildman–Crippen MR) is 217 cm³/mol. The molecule has 2 aromatic carbocycles. The molecule has 55 heavy (non-hydrogen) atoms. The highest BCUT2D eigenvalue weighted by molar-refractivity contribution is 7.99. The first kappa shape index (κ1) is 38.5. The second kappa shape index (κ2) is 15.5. The summed E-state index contributed by atoms with van der Waals surface area (Å²) >= 11 is 6.52. The van der Waals surface area contributed by atoms with Gasteiger partial charge in [-0.15, -0.1) is 0 Å². The molecule has 1 amide bonds. The number of carbonyl (C=O) groups is 1. The molecule has 1 spiro atoms. The quantitative estimate of drug-likeness (QED) is 0.253. The summed E-state index contributed by atoms with van der Waals surface area (Å²) in [7, 11) is -1.10. The van der Waals surface area contributed by atoms with Crippen molar-refractivity contribution >= 4 is 38.8 Å². The van der Waals surface area contributed by atoms with E-state index in [0.717, 1.165) is 94.4 Å². The summed E-state index contributed by atoms with van der Waals surface area (Å²) in [5, 5.41) is 4.43. The molecule has 1 saturated heterocycles. The van der Waals surface area contributed by atoms with Crippen LogP contribution in [0.25, 0.3) is 0 Å². The smallest absolute Gasteiger partial charge is 0.262 e. The molecule has 2 aliphatic carbocycles. The van der Waals surface area contributed by atoms with Gasteiger partial charge in [0.25, 0.3) is 5.91 Å². The molecule has 0 radical (unpaired) electrons. The average Bonchev–Trinajstić information content (AvgIpc) is 3.62. The number of piperazine rings is 1. The number of halogens is 1. The molecule has 1 N–H and O–H groups in total. The van der Waals surface area contributed by atoms with E-state index in [0.29, 0.717) is 36.9 Å². The number of carbonyl (C=O) groups excluding carboxylic acids is 1. The fourth-order valence-electron chi connectivity index (χ4n) is 9.82. The second-order valence-electron chi connectivity index (χ2n) is 16.8. The average molecular weight is 791 g/mol. The monoisotopic (exact) mass is 790 g/mol. The number of anilines is 1. The van der Waals surface area contributed by atoms with Crippen molar-refractivity contribution in [3.8, 4) is 5.75 Å². The van der Waals surface area contributed by atoms with Crippen LogP contribution in [0, 0.1) is 17.8 Å². The maximum atomic E-state index is 14.1. The summed E-state index contributed by atoms with van der Waals surface area (Å²) in [6, 6.07) is 12.0. The van der Waals surface area contributed by atoms with Gasteiger partial charge in [-0.05, 0) is 111 Å². The van der Waals surface area contributed by atoms with Gasteiger partial charge < -0.3 is 18.9 Å². The highest BCUT2D eigenvalue weighted by atomic mass is 35.5. The topological polar surface area (TPSA) is 113 Å². The molecule has 1 saturated carbocycles. The van der Waals surface area contributed by atoms with Gasteiger partial charge >= 0.3 is 0 Å².